The summed E-state index contributed by atoms with van der Waals surface area (Å²) in [4.78, 5) is 0. The normalized spacial score (nSPS) is 15.2. The molecule has 0 aromatic heterocycles. The minimum atomic E-state index is -0.130. The summed E-state index contributed by atoms with van der Waals surface area (Å²) in [6.07, 6.45) is 1.96. The first-order valence-electron chi connectivity index (χ1n) is 6.20. The maximum Gasteiger partial charge on any atom is 0.0646 e. The number of hydrogen-bond acceptors (Lipinski definition) is 1. The summed E-state index contributed by atoms with van der Waals surface area (Å²) in [5.74, 6) is 0. The Morgan fingerprint density at radius 3 is 1.06 bits per heavy atom. The predicted octanol–water partition coefficient (Wildman–Crippen LogP) is 5.69. The highest BCUT2D eigenvalue weighted by Gasteiger charge is 2.35. The van der Waals surface area contributed by atoms with Crippen molar-refractivity contribution >= 4 is 31.9 Å². The van der Waals surface area contributed by atoms with Crippen molar-refractivity contribution in [2.75, 3.05) is 0 Å². The molecule has 0 aliphatic carbocycles. The molecule has 0 aromatic carbocycles. The van der Waals surface area contributed by atoms with Gasteiger partial charge >= 0.3 is 0 Å². The molecule has 0 spiro atoms. The Hall–Kier alpha value is 0.920. The molecule has 0 amide bonds. The highest BCUT2D eigenvalue weighted by Crippen LogP contribution is 2.37. The van der Waals surface area contributed by atoms with Gasteiger partial charge in [0.1, 0.15) is 0 Å². The van der Waals surface area contributed by atoms with Crippen molar-refractivity contribution in [3.05, 3.63) is 0 Å². The number of rotatable bonds is 6. The molecule has 0 saturated heterocycles. The van der Waals surface area contributed by atoms with E-state index in [1.807, 2.05) is 0 Å². The average molecular weight is 372 g/mol. The summed E-state index contributed by atoms with van der Waals surface area (Å²) in [6, 6.07) is 0. The SMILES string of the molecule is CC(C)(Br)CC(C)(C)OC(C)(C)CC(C)(C)Br. The maximum atomic E-state index is 6.32. The second kappa shape index (κ2) is 5.50. The molecule has 17 heavy (non-hydrogen) atoms. The van der Waals surface area contributed by atoms with Gasteiger partial charge in [-0.2, -0.15) is 0 Å². The van der Waals surface area contributed by atoms with Gasteiger partial charge in [0.25, 0.3) is 0 Å². The monoisotopic (exact) mass is 370 g/mol. The first-order chi connectivity index (χ1) is 7.12. The van der Waals surface area contributed by atoms with E-state index >= 15 is 0 Å². The van der Waals surface area contributed by atoms with Crippen LogP contribution in [0.3, 0.4) is 0 Å². The van der Waals surface area contributed by atoms with Crippen molar-refractivity contribution in [2.24, 2.45) is 0 Å². The van der Waals surface area contributed by atoms with Gasteiger partial charge in [-0.3, -0.25) is 0 Å². The van der Waals surface area contributed by atoms with Crippen molar-refractivity contribution in [3.8, 4) is 0 Å². The van der Waals surface area contributed by atoms with Gasteiger partial charge in [-0.1, -0.05) is 31.9 Å². The molecular weight excluding hydrogens is 344 g/mol. The van der Waals surface area contributed by atoms with E-state index in [4.69, 9.17) is 4.74 Å². The Morgan fingerprint density at radius 2 is 0.882 bits per heavy atom. The van der Waals surface area contributed by atoms with Gasteiger partial charge in [0, 0.05) is 8.65 Å². The minimum Gasteiger partial charge on any atom is -0.370 e. The Labute approximate surface area is 124 Å². The van der Waals surface area contributed by atoms with Crippen LogP contribution in [-0.4, -0.2) is 19.9 Å². The van der Waals surface area contributed by atoms with Crippen LogP contribution in [0.1, 0.15) is 68.2 Å². The van der Waals surface area contributed by atoms with E-state index in [-0.39, 0.29) is 19.9 Å². The fourth-order valence-corrected chi connectivity index (χ4v) is 4.20. The molecule has 0 heterocycles. The number of halogens is 2. The molecular formula is C14H28Br2O. The molecule has 0 atom stereocenters. The second-order valence-electron chi connectivity index (χ2n) is 7.41. The predicted molar refractivity (Wildman–Crippen MR) is 84.5 cm³/mol. The summed E-state index contributed by atoms with van der Waals surface area (Å²) in [5.41, 5.74) is -0.260. The Balaban J connectivity index is 4.59. The molecule has 0 rings (SSSR count). The topological polar surface area (TPSA) is 9.23 Å². The third-order valence-electron chi connectivity index (χ3n) is 2.24. The molecule has 0 aromatic rings. The van der Waals surface area contributed by atoms with Gasteiger partial charge < -0.3 is 4.74 Å². The van der Waals surface area contributed by atoms with Crippen LogP contribution in [0.2, 0.25) is 0 Å². The van der Waals surface area contributed by atoms with Crippen LogP contribution in [0.5, 0.6) is 0 Å². The minimum absolute atomic E-state index is 0.108. The first kappa shape index (κ1) is 17.9. The first-order valence-corrected chi connectivity index (χ1v) is 7.79. The number of alkyl halides is 2. The molecule has 0 aliphatic rings. The van der Waals surface area contributed by atoms with Crippen LogP contribution >= 0.6 is 31.9 Å². The standard InChI is InChI=1S/C14H28Br2O/c1-11(2,15)9-13(5,6)17-14(7,8)10-12(3,4)16/h9-10H2,1-8H3. The highest BCUT2D eigenvalue weighted by molar-refractivity contribution is 9.10. The Bertz CT molecular complexity index is 218. The molecule has 104 valence electrons. The molecule has 0 aliphatic heterocycles. The van der Waals surface area contributed by atoms with E-state index in [0.717, 1.165) is 12.8 Å². The molecule has 1 nitrogen and oxygen atoms in total. The average Bonchev–Trinajstić information content (AvgIpc) is 1.65. The third-order valence-corrected chi connectivity index (χ3v) is 2.81. The molecule has 0 fully saturated rings. The summed E-state index contributed by atoms with van der Waals surface area (Å²) in [5, 5.41) is 0. The van der Waals surface area contributed by atoms with Crippen molar-refractivity contribution in [1.82, 2.24) is 0 Å². The highest BCUT2D eigenvalue weighted by atomic mass is 79.9. The lowest BCUT2D eigenvalue weighted by Gasteiger charge is -2.41. The molecule has 0 N–H and O–H groups in total. The van der Waals surface area contributed by atoms with Crippen molar-refractivity contribution in [2.45, 2.75) is 88.1 Å². The summed E-state index contributed by atoms with van der Waals surface area (Å²) in [6.45, 7) is 17.4. The zero-order chi connectivity index (χ0) is 14.1. The number of hydrogen-bond donors (Lipinski definition) is 0. The van der Waals surface area contributed by atoms with Crippen LogP contribution in [0, 0.1) is 0 Å². The molecule has 0 saturated carbocycles. The van der Waals surface area contributed by atoms with Gasteiger partial charge in [0.15, 0.2) is 0 Å². The fourth-order valence-electron chi connectivity index (χ4n) is 2.84. The zero-order valence-corrected chi connectivity index (χ0v) is 15.8. The summed E-state index contributed by atoms with van der Waals surface area (Å²) >= 11 is 7.39. The van der Waals surface area contributed by atoms with Gasteiger partial charge in [-0.25, -0.2) is 0 Å². The lowest BCUT2D eigenvalue weighted by Crippen LogP contribution is -2.42. The van der Waals surface area contributed by atoms with Gasteiger partial charge in [-0.15, -0.1) is 0 Å². The largest absolute Gasteiger partial charge is 0.370 e. The fraction of sp³-hybridized carbons (Fsp3) is 1.00. The van der Waals surface area contributed by atoms with Crippen LogP contribution < -0.4 is 0 Å². The maximum absolute atomic E-state index is 6.32. The van der Waals surface area contributed by atoms with E-state index in [1.165, 1.54) is 0 Å². The Kier molecular flexibility index (Phi) is 5.80. The van der Waals surface area contributed by atoms with Crippen LogP contribution in [0.25, 0.3) is 0 Å². The molecule has 0 unspecified atom stereocenters. The summed E-state index contributed by atoms with van der Waals surface area (Å²) in [7, 11) is 0. The lowest BCUT2D eigenvalue weighted by atomic mass is 9.91. The zero-order valence-electron chi connectivity index (χ0n) is 12.6. The van der Waals surface area contributed by atoms with Gasteiger partial charge in [0.2, 0.25) is 0 Å². The third kappa shape index (κ3) is 10.5. The summed E-state index contributed by atoms with van der Waals surface area (Å²) < 4.78 is 6.53. The lowest BCUT2D eigenvalue weighted by molar-refractivity contribution is -0.133. The van der Waals surface area contributed by atoms with Crippen LogP contribution in [0.4, 0.5) is 0 Å². The Morgan fingerprint density at radius 1 is 0.647 bits per heavy atom. The van der Waals surface area contributed by atoms with Crippen molar-refractivity contribution in [3.63, 3.8) is 0 Å². The van der Waals surface area contributed by atoms with Gasteiger partial charge in [-0.05, 0) is 68.2 Å². The van der Waals surface area contributed by atoms with Gasteiger partial charge in [0.05, 0.1) is 11.2 Å². The molecule has 3 heteroatoms. The number of ether oxygens (including phenoxy) is 1. The van der Waals surface area contributed by atoms with E-state index in [0.29, 0.717) is 0 Å². The smallest absolute Gasteiger partial charge is 0.0646 e. The van der Waals surface area contributed by atoms with E-state index in [1.54, 1.807) is 0 Å². The van der Waals surface area contributed by atoms with Crippen molar-refractivity contribution < 1.29 is 4.74 Å². The van der Waals surface area contributed by atoms with E-state index in [2.05, 4.69) is 87.2 Å². The second-order valence-corrected chi connectivity index (χ2v) is 11.7. The van der Waals surface area contributed by atoms with E-state index < -0.39 is 0 Å². The van der Waals surface area contributed by atoms with Crippen molar-refractivity contribution in [1.29, 1.82) is 0 Å². The quantitative estimate of drug-likeness (QED) is 0.545. The molecule has 0 bridgehead atoms. The van der Waals surface area contributed by atoms with E-state index in [9.17, 15) is 0 Å². The molecule has 0 radical (unpaired) electrons. The van der Waals surface area contributed by atoms with Crippen LogP contribution in [0.15, 0.2) is 0 Å². The van der Waals surface area contributed by atoms with Crippen LogP contribution in [-0.2, 0) is 4.74 Å².